The molecule has 0 bridgehead atoms. The first kappa shape index (κ1) is 13.3. The van der Waals surface area contributed by atoms with Crippen LogP contribution in [0.3, 0.4) is 0 Å². The van der Waals surface area contributed by atoms with E-state index in [9.17, 15) is 9.18 Å². The van der Waals surface area contributed by atoms with Gasteiger partial charge in [0.25, 0.3) is 0 Å². The SMILES string of the molecule is COC(=O)CCc1ccc(-c2ccc(F)cc2)cc1. The van der Waals surface area contributed by atoms with Crippen molar-refractivity contribution < 1.29 is 13.9 Å². The molecule has 0 unspecified atom stereocenters. The first-order chi connectivity index (χ1) is 9.19. The highest BCUT2D eigenvalue weighted by atomic mass is 19.1. The predicted octanol–water partition coefficient (Wildman–Crippen LogP) is 3.60. The largest absolute Gasteiger partial charge is 0.469 e. The second-order valence-corrected chi connectivity index (χ2v) is 4.28. The van der Waals surface area contributed by atoms with E-state index in [1.807, 2.05) is 24.3 Å². The van der Waals surface area contributed by atoms with E-state index in [1.54, 1.807) is 12.1 Å². The van der Waals surface area contributed by atoms with Gasteiger partial charge in [0.2, 0.25) is 0 Å². The minimum Gasteiger partial charge on any atom is -0.469 e. The zero-order valence-corrected chi connectivity index (χ0v) is 10.7. The van der Waals surface area contributed by atoms with Crippen LogP contribution in [0.4, 0.5) is 4.39 Å². The van der Waals surface area contributed by atoms with Crippen LogP contribution >= 0.6 is 0 Å². The Bertz CT molecular complexity index is 544. The summed E-state index contributed by atoms with van der Waals surface area (Å²) >= 11 is 0. The average molecular weight is 258 g/mol. The predicted molar refractivity (Wildman–Crippen MR) is 72.2 cm³/mol. The molecule has 0 atom stereocenters. The number of carbonyl (C=O) groups excluding carboxylic acids is 1. The molecule has 0 N–H and O–H groups in total. The molecule has 0 amide bonds. The van der Waals surface area contributed by atoms with Gasteiger partial charge in [0.15, 0.2) is 0 Å². The van der Waals surface area contributed by atoms with Crippen LogP contribution in [0.1, 0.15) is 12.0 Å². The van der Waals surface area contributed by atoms with E-state index in [4.69, 9.17) is 0 Å². The van der Waals surface area contributed by atoms with Crippen LogP contribution in [-0.4, -0.2) is 13.1 Å². The molecule has 0 aliphatic carbocycles. The number of carbonyl (C=O) groups is 1. The van der Waals surface area contributed by atoms with E-state index in [2.05, 4.69) is 4.74 Å². The van der Waals surface area contributed by atoms with Crippen molar-refractivity contribution in [2.75, 3.05) is 7.11 Å². The summed E-state index contributed by atoms with van der Waals surface area (Å²) in [5, 5.41) is 0. The molecule has 2 aromatic rings. The smallest absolute Gasteiger partial charge is 0.305 e. The molecule has 0 saturated carbocycles. The van der Waals surface area contributed by atoms with Crippen molar-refractivity contribution in [3.63, 3.8) is 0 Å². The van der Waals surface area contributed by atoms with Crippen LogP contribution in [0.5, 0.6) is 0 Å². The molecular weight excluding hydrogens is 243 g/mol. The van der Waals surface area contributed by atoms with Gasteiger partial charge in [-0.1, -0.05) is 36.4 Å². The highest BCUT2D eigenvalue weighted by molar-refractivity contribution is 5.69. The summed E-state index contributed by atoms with van der Waals surface area (Å²) in [5.74, 6) is -0.443. The maximum atomic E-state index is 12.8. The fourth-order valence-corrected chi connectivity index (χ4v) is 1.85. The Morgan fingerprint density at radius 3 is 2.05 bits per heavy atom. The Hall–Kier alpha value is -2.16. The van der Waals surface area contributed by atoms with Crippen LogP contribution in [0, 0.1) is 5.82 Å². The third kappa shape index (κ3) is 3.65. The van der Waals surface area contributed by atoms with Gasteiger partial charge in [0, 0.05) is 6.42 Å². The maximum absolute atomic E-state index is 12.8. The van der Waals surface area contributed by atoms with Gasteiger partial charge in [0.1, 0.15) is 5.82 Å². The average Bonchev–Trinajstić information content (AvgIpc) is 2.46. The van der Waals surface area contributed by atoms with Crippen molar-refractivity contribution in [3.8, 4) is 11.1 Å². The van der Waals surface area contributed by atoms with Gasteiger partial charge >= 0.3 is 5.97 Å². The number of methoxy groups -OCH3 is 1. The molecule has 2 rings (SSSR count). The van der Waals surface area contributed by atoms with Crippen molar-refractivity contribution in [2.24, 2.45) is 0 Å². The lowest BCUT2D eigenvalue weighted by molar-refractivity contribution is -0.140. The third-order valence-electron chi connectivity index (χ3n) is 2.98. The number of hydrogen-bond acceptors (Lipinski definition) is 2. The minimum atomic E-state index is -0.238. The number of esters is 1. The number of aryl methyl sites for hydroxylation is 1. The number of halogens is 1. The summed E-state index contributed by atoms with van der Waals surface area (Å²) in [4.78, 5) is 11.0. The topological polar surface area (TPSA) is 26.3 Å². The van der Waals surface area contributed by atoms with Crippen LogP contribution < -0.4 is 0 Å². The van der Waals surface area contributed by atoms with Crippen LogP contribution in [0.15, 0.2) is 48.5 Å². The lowest BCUT2D eigenvalue weighted by Gasteiger charge is -2.04. The zero-order chi connectivity index (χ0) is 13.7. The molecule has 2 aromatic carbocycles. The molecule has 98 valence electrons. The quantitative estimate of drug-likeness (QED) is 0.783. The van der Waals surface area contributed by atoms with Gasteiger partial charge in [-0.05, 0) is 35.2 Å². The molecule has 0 aliphatic heterocycles. The van der Waals surface area contributed by atoms with Gasteiger partial charge in [-0.2, -0.15) is 0 Å². The molecule has 0 saturated heterocycles. The molecule has 0 fully saturated rings. The highest BCUT2D eigenvalue weighted by Crippen LogP contribution is 2.20. The fraction of sp³-hybridized carbons (Fsp3) is 0.188. The second kappa shape index (κ2) is 6.14. The molecule has 0 aromatic heterocycles. The molecular formula is C16H15FO2. The van der Waals surface area contributed by atoms with E-state index in [0.29, 0.717) is 12.8 Å². The Morgan fingerprint density at radius 2 is 1.53 bits per heavy atom. The molecule has 0 heterocycles. The lowest BCUT2D eigenvalue weighted by Crippen LogP contribution is -2.01. The van der Waals surface area contributed by atoms with Crippen molar-refractivity contribution in [1.29, 1.82) is 0 Å². The van der Waals surface area contributed by atoms with Crippen LogP contribution in [-0.2, 0) is 16.0 Å². The fourth-order valence-electron chi connectivity index (χ4n) is 1.85. The Kier molecular flexibility index (Phi) is 4.29. The van der Waals surface area contributed by atoms with Crippen LogP contribution in [0.2, 0.25) is 0 Å². The molecule has 3 heteroatoms. The standard InChI is InChI=1S/C16H15FO2/c1-19-16(18)11-4-12-2-5-13(6-3-12)14-7-9-15(17)10-8-14/h2-3,5-10H,4,11H2,1H3. The zero-order valence-electron chi connectivity index (χ0n) is 10.7. The van der Waals surface area contributed by atoms with Crippen molar-refractivity contribution in [1.82, 2.24) is 0 Å². The van der Waals surface area contributed by atoms with Crippen molar-refractivity contribution in [3.05, 3.63) is 59.9 Å². The molecule has 19 heavy (non-hydrogen) atoms. The lowest BCUT2D eigenvalue weighted by atomic mass is 10.0. The number of hydrogen-bond donors (Lipinski definition) is 0. The van der Waals surface area contributed by atoms with Gasteiger partial charge in [0.05, 0.1) is 7.11 Å². The van der Waals surface area contributed by atoms with Gasteiger partial charge < -0.3 is 4.74 Å². The summed E-state index contributed by atoms with van der Waals surface area (Å²) in [6, 6.07) is 14.3. The van der Waals surface area contributed by atoms with Gasteiger partial charge in [-0.3, -0.25) is 4.79 Å². The van der Waals surface area contributed by atoms with Gasteiger partial charge in [-0.25, -0.2) is 4.39 Å². The summed E-state index contributed by atoms with van der Waals surface area (Å²) < 4.78 is 17.4. The number of benzene rings is 2. The monoisotopic (exact) mass is 258 g/mol. The van der Waals surface area contributed by atoms with Crippen LogP contribution in [0.25, 0.3) is 11.1 Å². The first-order valence-electron chi connectivity index (χ1n) is 6.11. The Morgan fingerprint density at radius 1 is 1.00 bits per heavy atom. The Labute approximate surface area is 111 Å². The summed E-state index contributed by atoms with van der Waals surface area (Å²) in [5.41, 5.74) is 3.08. The summed E-state index contributed by atoms with van der Waals surface area (Å²) in [6.07, 6.45) is 1.04. The maximum Gasteiger partial charge on any atom is 0.305 e. The molecule has 0 spiro atoms. The van der Waals surface area contributed by atoms with Crippen molar-refractivity contribution >= 4 is 5.97 Å². The first-order valence-corrected chi connectivity index (χ1v) is 6.11. The third-order valence-corrected chi connectivity index (χ3v) is 2.98. The normalized spacial score (nSPS) is 10.2. The summed E-state index contributed by atoms with van der Waals surface area (Å²) in [7, 11) is 1.39. The molecule has 2 nitrogen and oxygen atoms in total. The minimum absolute atomic E-state index is 0.206. The van der Waals surface area contributed by atoms with E-state index in [1.165, 1.54) is 19.2 Å². The number of rotatable bonds is 4. The van der Waals surface area contributed by atoms with Gasteiger partial charge in [-0.15, -0.1) is 0 Å². The van der Waals surface area contributed by atoms with E-state index >= 15 is 0 Å². The highest BCUT2D eigenvalue weighted by Gasteiger charge is 2.02. The van der Waals surface area contributed by atoms with Crippen molar-refractivity contribution in [2.45, 2.75) is 12.8 Å². The van der Waals surface area contributed by atoms with E-state index in [-0.39, 0.29) is 11.8 Å². The van der Waals surface area contributed by atoms with E-state index < -0.39 is 0 Å². The van der Waals surface area contributed by atoms with E-state index in [0.717, 1.165) is 16.7 Å². The Balaban J connectivity index is 2.06. The molecule has 0 radical (unpaired) electrons. The molecule has 0 aliphatic rings. The summed E-state index contributed by atoms with van der Waals surface area (Å²) in [6.45, 7) is 0. The second-order valence-electron chi connectivity index (χ2n) is 4.28. The number of ether oxygens (including phenoxy) is 1.